The van der Waals surface area contributed by atoms with E-state index in [1.807, 2.05) is 31.2 Å². The maximum atomic E-state index is 13.0. The van der Waals surface area contributed by atoms with E-state index in [4.69, 9.17) is 9.47 Å². The van der Waals surface area contributed by atoms with Crippen LogP contribution in [0.3, 0.4) is 0 Å². The first kappa shape index (κ1) is 21.1. The topological polar surface area (TPSA) is 72.5 Å². The van der Waals surface area contributed by atoms with Gasteiger partial charge in [0.05, 0.1) is 7.11 Å². The predicted octanol–water partition coefficient (Wildman–Crippen LogP) is 4.45. The summed E-state index contributed by atoms with van der Waals surface area (Å²) < 4.78 is 23.8. The van der Waals surface area contributed by atoms with Gasteiger partial charge in [0, 0.05) is 24.8 Å². The number of amides is 2. The molecule has 1 unspecified atom stereocenters. The van der Waals surface area contributed by atoms with Gasteiger partial charge in [-0.15, -0.1) is 0 Å². The van der Waals surface area contributed by atoms with E-state index in [2.05, 4.69) is 15.6 Å². The number of urea groups is 1. The number of carbonyl (C=O) groups excluding carboxylic acids is 1. The third-order valence-electron chi connectivity index (χ3n) is 4.34. The molecule has 0 bridgehead atoms. The van der Waals surface area contributed by atoms with Crippen molar-refractivity contribution < 1.29 is 18.7 Å². The van der Waals surface area contributed by atoms with Crippen molar-refractivity contribution in [3.8, 4) is 17.4 Å². The number of benzene rings is 2. The van der Waals surface area contributed by atoms with Crippen molar-refractivity contribution in [2.24, 2.45) is 0 Å². The van der Waals surface area contributed by atoms with Crippen LogP contribution in [0, 0.1) is 5.82 Å². The summed E-state index contributed by atoms with van der Waals surface area (Å²) >= 11 is 0. The number of nitrogens with zero attached hydrogens (tertiary/aromatic N) is 1. The first-order valence-electron chi connectivity index (χ1n) is 9.57. The standard InChI is InChI=1S/C23H24FN3O3/c1-16(12-17-4-3-5-21(13-17)29-2)27-23(28)26-15-18-10-11-25-22(14-18)30-20-8-6-19(24)7-9-20/h3-11,13-14,16H,12,15H2,1-2H3,(H2,26,27,28). The van der Waals surface area contributed by atoms with E-state index in [1.54, 1.807) is 25.4 Å². The van der Waals surface area contributed by atoms with Gasteiger partial charge in [-0.3, -0.25) is 0 Å². The summed E-state index contributed by atoms with van der Waals surface area (Å²) in [6.45, 7) is 2.26. The van der Waals surface area contributed by atoms with E-state index >= 15 is 0 Å². The number of halogens is 1. The van der Waals surface area contributed by atoms with E-state index in [0.29, 0.717) is 24.6 Å². The smallest absolute Gasteiger partial charge is 0.315 e. The number of rotatable bonds is 8. The van der Waals surface area contributed by atoms with E-state index in [9.17, 15) is 9.18 Å². The Hall–Kier alpha value is -3.61. The third-order valence-corrected chi connectivity index (χ3v) is 4.34. The molecule has 1 atom stereocenters. The first-order valence-corrected chi connectivity index (χ1v) is 9.57. The van der Waals surface area contributed by atoms with E-state index in [-0.39, 0.29) is 17.9 Å². The second kappa shape index (κ2) is 10.2. The molecule has 0 fully saturated rings. The van der Waals surface area contributed by atoms with Crippen LogP contribution in [0.2, 0.25) is 0 Å². The van der Waals surface area contributed by atoms with Gasteiger partial charge in [-0.2, -0.15) is 0 Å². The molecule has 0 aliphatic rings. The minimum atomic E-state index is -0.333. The van der Waals surface area contributed by atoms with Gasteiger partial charge in [-0.05, 0) is 66.9 Å². The molecule has 6 nitrogen and oxygen atoms in total. The van der Waals surface area contributed by atoms with Crippen LogP contribution in [0.4, 0.5) is 9.18 Å². The molecule has 0 aliphatic carbocycles. The predicted molar refractivity (Wildman–Crippen MR) is 112 cm³/mol. The Bertz CT molecular complexity index is 979. The number of hydrogen-bond acceptors (Lipinski definition) is 4. The van der Waals surface area contributed by atoms with Crippen LogP contribution in [-0.2, 0) is 13.0 Å². The molecule has 0 saturated carbocycles. The highest BCUT2D eigenvalue weighted by Crippen LogP contribution is 2.20. The lowest BCUT2D eigenvalue weighted by molar-refractivity contribution is 0.237. The Labute approximate surface area is 175 Å². The quantitative estimate of drug-likeness (QED) is 0.577. The first-order chi connectivity index (χ1) is 14.5. The van der Waals surface area contributed by atoms with Crippen molar-refractivity contribution in [2.75, 3.05) is 7.11 Å². The van der Waals surface area contributed by atoms with Crippen LogP contribution in [0.1, 0.15) is 18.1 Å². The van der Waals surface area contributed by atoms with Crippen molar-refractivity contribution in [3.63, 3.8) is 0 Å². The molecule has 7 heteroatoms. The number of ether oxygens (including phenoxy) is 2. The van der Waals surface area contributed by atoms with E-state index in [0.717, 1.165) is 16.9 Å². The second-order valence-electron chi connectivity index (χ2n) is 6.84. The Morgan fingerprint density at radius 1 is 1.07 bits per heavy atom. The molecule has 30 heavy (non-hydrogen) atoms. The molecule has 156 valence electrons. The van der Waals surface area contributed by atoms with Crippen molar-refractivity contribution >= 4 is 6.03 Å². The van der Waals surface area contributed by atoms with Gasteiger partial charge < -0.3 is 20.1 Å². The lowest BCUT2D eigenvalue weighted by Gasteiger charge is -2.15. The Morgan fingerprint density at radius 2 is 1.87 bits per heavy atom. The highest BCUT2D eigenvalue weighted by molar-refractivity contribution is 5.74. The van der Waals surface area contributed by atoms with Crippen LogP contribution in [0.25, 0.3) is 0 Å². The SMILES string of the molecule is COc1cccc(CC(C)NC(=O)NCc2ccnc(Oc3ccc(F)cc3)c2)c1. The minimum absolute atomic E-state index is 0.0492. The maximum absolute atomic E-state index is 13.0. The maximum Gasteiger partial charge on any atom is 0.315 e. The molecule has 0 spiro atoms. The van der Waals surface area contributed by atoms with E-state index in [1.165, 1.54) is 24.3 Å². The monoisotopic (exact) mass is 409 g/mol. The van der Waals surface area contributed by atoms with Crippen molar-refractivity contribution in [2.45, 2.75) is 25.9 Å². The largest absolute Gasteiger partial charge is 0.497 e. The van der Waals surface area contributed by atoms with Gasteiger partial charge in [-0.1, -0.05) is 12.1 Å². The summed E-state index contributed by atoms with van der Waals surface area (Å²) in [5.41, 5.74) is 1.91. The second-order valence-corrected chi connectivity index (χ2v) is 6.84. The molecule has 0 aliphatic heterocycles. The van der Waals surface area contributed by atoms with Crippen LogP contribution in [-0.4, -0.2) is 24.2 Å². The molecule has 2 amide bonds. The van der Waals surface area contributed by atoms with Crippen molar-refractivity contribution in [1.29, 1.82) is 0 Å². The zero-order valence-electron chi connectivity index (χ0n) is 16.9. The number of nitrogens with one attached hydrogen (secondary N) is 2. The van der Waals surface area contributed by atoms with Gasteiger partial charge >= 0.3 is 6.03 Å². The van der Waals surface area contributed by atoms with Crippen molar-refractivity contribution in [3.05, 3.63) is 83.8 Å². The Balaban J connectivity index is 1.48. The molecule has 1 aromatic heterocycles. The van der Waals surface area contributed by atoms with Gasteiger partial charge in [-0.25, -0.2) is 14.2 Å². The Morgan fingerprint density at radius 3 is 2.63 bits per heavy atom. The number of aromatic nitrogens is 1. The summed E-state index contributed by atoms with van der Waals surface area (Å²) in [6, 6.07) is 16.7. The van der Waals surface area contributed by atoms with Crippen LogP contribution < -0.4 is 20.1 Å². The van der Waals surface area contributed by atoms with Crippen LogP contribution >= 0.6 is 0 Å². The normalized spacial score (nSPS) is 11.4. The third kappa shape index (κ3) is 6.48. The summed E-state index contributed by atoms with van der Waals surface area (Å²) in [4.78, 5) is 16.4. The molecule has 0 radical (unpaired) electrons. The molecule has 3 rings (SSSR count). The van der Waals surface area contributed by atoms with Crippen LogP contribution in [0.5, 0.6) is 17.4 Å². The zero-order chi connectivity index (χ0) is 21.3. The lowest BCUT2D eigenvalue weighted by Crippen LogP contribution is -2.41. The molecule has 3 aromatic rings. The van der Waals surface area contributed by atoms with Crippen molar-refractivity contribution in [1.82, 2.24) is 15.6 Å². The lowest BCUT2D eigenvalue weighted by atomic mass is 10.1. The molecular formula is C23H24FN3O3. The van der Waals surface area contributed by atoms with Crippen LogP contribution in [0.15, 0.2) is 66.9 Å². The number of hydrogen-bond donors (Lipinski definition) is 2. The summed E-state index contributed by atoms with van der Waals surface area (Å²) in [5, 5.41) is 5.75. The number of methoxy groups -OCH3 is 1. The average Bonchev–Trinajstić information content (AvgIpc) is 2.74. The summed E-state index contributed by atoms with van der Waals surface area (Å²) in [7, 11) is 1.63. The zero-order valence-corrected chi connectivity index (χ0v) is 16.9. The van der Waals surface area contributed by atoms with Gasteiger partial charge in [0.25, 0.3) is 0 Å². The Kier molecular flexibility index (Phi) is 7.21. The average molecular weight is 409 g/mol. The fraction of sp³-hybridized carbons (Fsp3) is 0.217. The van der Waals surface area contributed by atoms with Gasteiger partial charge in [0.15, 0.2) is 0 Å². The number of carbonyl (C=O) groups is 1. The van der Waals surface area contributed by atoms with Gasteiger partial charge in [0.2, 0.25) is 5.88 Å². The van der Waals surface area contributed by atoms with E-state index < -0.39 is 0 Å². The molecule has 0 saturated heterocycles. The summed E-state index contributed by atoms with van der Waals surface area (Å²) in [5.74, 6) is 1.31. The summed E-state index contributed by atoms with van der Waals surface area (Å²) in [6.07, 6.45) is 2.29. The minimum Gasteiger partial charge on any atom is -0.497 e. The highest BCUT2D eigenvalue weighted by atomic mass is 19.1. The molecule has 2 N–H and O–H groups in total. The number of pyridine rings is 1. The molecule has 2 aromatic carbocycles. The molecular weight excluding hydrogens is 385 g/mol. The molecule has 1 heterocycles. The van der Waals surface area contributed by atoms with Gasteiger partial charge in [0.1, 0.15) is 17.3 Å². The fourth-order valence-corrected chi connectivity index (χ4v) is 2.90. The fourth-order valence-electron chi connectivity index (χ4n) is 2.90. The highest BCUT2D eigenvalue weighted by Gasteiger charge is 2.09.